The van der Waals surface area contributed by atoms with E-state index in [2.05, 4.69) is 33.3 Å². The molecule has 0 N–H and O–H groups in total. The van der Waals surface area contributed by atoms with Crippen LogP contribution >= 0.6 is 0 Å². The van der Waals surface area contributed by atoms with Crippen LogP contribution in [0.2, 0.25) is 0 Å². The van der Waals surface area contributed by atoms with Crippen LogP contribution in [-0.2, 0) is 11.3 Å². The molecule has 1 amide bonds. The summed E-state index contributed by atoms with van der Waals surface area (Å²) in [6.07, 6.45) is 1.99. The zero-order valence-corrected chi connectivity index (χ0v) is 15.7. The molecular formula is C20H24N6O. The van der Waals surface area contributed by atoms with Crippen LogP contribution in [0.5, 0.6) is 0 Å². The molecule has 1 fully saturated rings. The van der Waals surface area contributed by atoms with Crippen LogP contribution < -0.4 is 9.80 Å². The van der Waals surface area contributed by atoms with E-state index in [1.54, 1.807) is 0 Å². The third-order valence-corrected chi connectivity index (χ3v) is 5.04. The monoisotopic (exact) mass is 364 g/mol. The molecule has 1 aliphatic rings. The molecule has 0 bridgehead atoms. The first-order valence-electron chi connectivity index (χ1n) is 9.19. The molecule has 1 aliphatic heterocycles. The molecule has 7 heteroatoms. The number of aromatic nitrogens is 3. The second kappa shape index (κ2) is 7.26. The Kier molecular flexibility index (Phi) is 4.66. The number of piperazine rings is 1. The van der Waals surface area contributed by atoms with Crippen molar-refractivity contribution in [3.63, 3.8) is 0 Å². The number of anilines is 2. The fraction of sp³-hybridized carbons (Fsp3) is 0.350. The third-order valence-electron chi connectivity index (χ3n) is 5.04. The Bertz CT molecular complexity index is 925. The SMILES string of the molecule is CN(C)c1ccc(N2CCN(C(=O)Cn3ccc4ccccc43)CC2)nn1. The quantitative estimate of drug-likeness (QED) is 0.707. The fourth-order valence-electron chi connectivity index (χ4n) is 3.43. The number of hydrogen-bond acceptors (Lipinski definition) is 5. The van der Waals surface area contributed by atoms with Gasteiger partial charge in [-0.15, -0.1) is 10.2 Å². The molecule has 0 radical (unpaired) electrons. The molecule has 0 aliphatic carbocycles. The van der Waals surface area contributed by atoms with E-state index in [-0.39, 0.29) is 5.91 Å². The van der Waals surface area contributed by atoms with Crippen LogP contribution in [0.4, 0.5) is 11.6 Å². The van der Waals surface area contributed by atoms with Crippen molar-refractivity contribution in [3.8, 4) is 0 Å². The van der Waals surface area contributed by atoms with Gasteiger partial charge >= 0.3 is 0 Å². The van der Waals surface area contributed by atoms with E-state index in [1.807, 2.05) is 58.9 Å². The summed E-state index contributed by atoms with van der Waals surface area (Å²) >= 11 is 0. The molecule has 0 unspecified atom stereocenters. The van der Waals surface area contributed by atoms with Crippen LogP contribution in [0.1, 0.15) is 0 Å². The van der Waals surface area contributed by atoms with Crippen LogP contribution in [0.15, 0.2) is 48.7 Å². The van der Waals surface area contributed by atoms with Crippen molar-refractivity contribution in [2.24, 2.45) is 0 Å². The number of carbonyl (C=O) groups excluding carboxylic acids is 1. The van der Waals surface area contributed by atoms with E-state index < -0.39 is 0 Å². The highest BCUT2D eigenvalue weighted by atomic mass is 16.2. The number of amides is 1. The van der Waals surface area contributed by atoms with Crippen molar-refractivity contribution in [2.75, 3.05) is 50.1 Å². The van der Waals surface area contributed by atoms with E-state index >= 15 is 0 Å². The summed E-state index contributed by atoms with van der Waals surface area (Å²) in [6.45, 7) is 3.33. The van der Waals surface area contributed by atoms with Crippen molar-refractivity contribution < 1.29 is 4.79 Å². The normalized spacial score (nSPS) is 14.6. The lowest BCUT2D eigenvalue weighted by Crippen LogP contribution is -2.49. The van der Waals surface area contributed by atoms with Crippen molar-refractivity contribution >= 4 is 28.4 Å². The molecule has 140 valence electrons. The Morgan fingerprint density at radius 2 is 1.78 bits per heavy atom. The average Bonchev–Trinajstić information content (AvgIpc) is 3.11. The lowest BCUT2D eigenvalue weighted by atomic mass is 10.2. The number of para-hydroxylation sites is 1. The van der Waals surface area contributed by atoms with Crippen LogP contribution in [0.25, 0.3) is 10.9 Å². The molecule has 0 atom stereocenters. The zero-order valence-electron chi connectivity index (χ0n) is 15.7. The van der Waals surface area contributed by atoms with E-state index in [1.165, 1.54) is 0 Å². The summed E-state index contributed by atoms with van der Waals surface area (Å²) in [5, 5.41) is 9.71. The van der Waals surface area contributed by atoms with Crippen LogP contribution in [0, 0.1) is 0 Å². The van der Waals surface area contributed by atoms with Crippen molar-refractivity contribution in [2.45, 2.75) is 6.54 Å². The second-order valence-corrected chi connectivity index (χ2v) is 7.01. The van der Waals surface area contributed by atoms with Gasteiger partial charge in [-0.2, -0.15) is 0 Å². The smallest absolute Gasteiger partial charge is 0.242 e. The Hall–Kier alpha value is -3.09. The van der Waals surface area contributed by atoms with Gasteiger partial charge in [0.05, 0.1) is 0 Å². The maximum Gasteiger partial charge on any atom is 0.242 e. The molecule has 0 saturated carbocycles. The molecule has 7 nitrogen and oxygen atoms in total. The Morgan fingerprint density at radius 3 is 2.48 bits per heavy atom. The van der Waals surface area contributed by atoms with E-state index in [4.69, 9.17) is 0 Å². The number of carbonyl (C=O) groups is 1. The first kappa shape index (κ1) is 17.3. The molecule has 1 aromatic carbocycles. The van der Waals surface area contributed by atoms with Gasteiger partial charge in [0, 0.05) is 52.0 Å². The minimum atomic E-state index is 0.157. The average molecular weight is 364 g/mol. The van der Waals surface area contributed by atoms with Gasteiger partial charge in [-0.3, -0.25) is 4.79 Å². The summed E-state index contributed by atoms with van der Waals surface area (Å²) in [5.41, 5.74) is 1.10. The van der Waals surface area contributed by atoms with Gasteiger partial charge in [0.2, 0.25) is 5.91 Å². The standard InChI is InChI=1S/C20H24N6O/c1-23(2)18-7-8-19(22-21-18)24-11-13-25(14-12-24)20(27)15-26-10-9-16-5-3-4-6-17(16)26/h3-10H,11-15H2,1-2H3. The molecule has 3 aromatic rings. The van der Waals surface area contributed by atoms with Crippen molar-refractivity contribution in [3.05, 3.63) is 48.7 Å². The molecule has 3 heterocycles. The number of benzene rings is 1. The number of rotatable bonds is 4. The topological polar surface area (TPSA) is 57.5 Å². The van der Waals surface area contributed by atoms with Gasteiger partial charge in [0.1, 0.15) is 6.54 Å². The van der Waals surface area contributed by atoms with Crippen LogP contribution in [-0.4, -0.2) is 65.8 Å². The zero-order chi connectivity index (χ0) is 18.8. The second-order valence-electron chi connectivity index (χ2n) is 7.01. The highest BCUT2D eigenvalue weighted by Gasteiger charge is 2.22. The molecular weight excluding hydrogens is 340 g/mol. The fourth-order valence-corrected chi connectivity index (χ4v) is 3.43. The minimum Gasteiger partial charge on any atom is -0.361 e. The van der Waals surface area contributed by atoms with Gasteiger partial charge in [-0.25, -0.2) is 0 Å². The predicted octanol–water partition coefficient (Wildman–Crippen LogP) is 1.85. The van der Waals surface area contributed by atoms with E-state index in [0.717, 1.165) is 35.6 Å². The Morgan fingerprint density at radius 1 is 1.00 bits per heavy atom. The molecule has 0 spiro atoms. The lowest BCUT2D eigenvalue weighted by Gasteiger charge is -2.35. The van der Waals surface area contributed by atoms with Gasteiger partial charge in [-0.1, -0.05) is 18.2 Å². The van der Waals surface area contributed by atoms with Crippen molar-refractivity contribution in [1.82, 2.24) is 19.7 Å². The Balaban J connectivity index is 1.36. The first-order valence-corrected chi connectivity index (χ1v) is 9.19. The largest absolute Gasteiger partial charge is 0.361 e. The van der Waals surface area contributed by atoms with E-state index in [9.17, 15) is 4.79 Å². The summed E-state index contributed by atoms with van der Waals surface area (Å²) in [6, 6.07) is 14.2. The molecule has 27 heavy (non-hydrogen) atoms. The summed E-state index contributed by atoms with van der Waals surface area (Å²) in [7, 11) is 3.89. The summed E-state index contributed by atoms with van der Waals surface area (Å²) in [4.78, 5) is 18.8. The maximum absolute atomic E-state index is 12.7. The highest BCUT2D eigenvalue weighted by Crippen LogP contribution is 2.17. The molecule has 1 saturated heterocycles. The third kappa shape index (κ3) is 3.58. The van der Waals surface area contributed by atoms with Gasteiger partial charge in [0.25, 0.3) is 0 Å². The number of fused-ring (bicyclic) bond motifs is 1. The summed E-state index contributed by atoms with van der Waals surface area (Å²) < 4.78 is 2.02. The highest BCUT2D eigenvalue weighted by molar-refractivity contribution is 5.83. The number of nitrogens with zero attached hydrogens (tertiary/aromatic N) is 6. The van der Waals surface area contributed by atoms with Crippen molar-refractivity contribution in [1.29, 1.82) is 0 Å². The van der Waals surface area contributed by atoms with E-state index in [0.29, 0.717) is 19.6 Å². The summed E-state index contributed by atoms with van der Waals surface area (Å²) in [5.74, 6) is 1.86. The number of hydrogen-bond donors (Lipinski definition) is 0. The minimum absolute atomic E-state index is 0.157. The first-order chi connectivity index (χ1) is 13.1. The van der Waals surface area contributed by atoms with Gasteiger partial charge < -0.3 is 19.3 Å². The van der Waals surface area contributed by atoms with Gasteiger partial charge in [0.15, 0.2) is 11.6 Å². The van der Waals surface area contributed by atoms with Crippen LogP contribution in [0.3, 0.4) is 0 Å². The predicted molar refractivity (Wildman–Crippen MR) is 107 cm³/mol. The lowest BCUT2D eigenvalue weighted by molar-refractivity contribution is -0.132. The maximum atomic E-state index is 12.7. The Labute approximate surface area is 158 Å². The van der Waals surface area contributed by atoms with Gasteiger partial charge in [-0.05, 0) is 29.7 Å². The molecule has 4 rings (SSSR count). The molecule has 2 aromatic heterocycles.